The maximum Gasteiger partial charge on any atom is 0.163 e. The average Bonchev–Trinajstić information content (AvgIpc) is 2.59. The summed E-state index contributed by atoms with van der Waals surface area (Å²) in [7, 11) is 0. The fourth-order valence-electron chi connectivity index (χ4n) is 5.39. The van der Waals surface area contributed by atoms with E-state index in [9.17, 15) is 14.4 Å². The minimum atomic E-state index is -0.715. The first-order chi connectivity index (χ1) is 13.6. The molecule has 0 aromatic heterocycles. The van der Waals surface area contributed by atoms with Gasteiger partial charge in [-0.05, 0) is 22.8 Å². The van der Waals surface area contributed by atoms with Crippen LogP contribution in [-0.4, -0.2) is 17.3 Å². The van der Waals surface area contributed by atoms with Crippen LogP contribution < -0.4 is 0 Å². The number of benzene rings is 1. The molecule has 4 rings (SSSR count). The Morgan fingerprint density at radius 2 is 1.41 bits per heavy atom. The Morgan fingerprint density at radius 1 is 0.828 bits per heavy atom. The van der Waals surface area contributed by atoms with Gasteiger partial charge in [-0.15, -0.1) is 0 Å². The molecule has 4 heteroatoms. The molecule has 1 heterocycles. The molecule has 2 aliphatic carbocycles. The topological polar surface area (TPSA) is 60.4 Å². The molecule has 0 radical (unpaired) electrons. The van der Waals surface area contributed by atoms with Crippen molar-refractivity contribution in [2.24, 2.45) is 22.7 Å². The van der Waals surface area contributed by atoms with E-state index in [-0.39, 0.29) is 40.2 Å². The van der Waals surface area contributed by atoms with Crippen LogP contribution in [0.2, 0.25) is 0 Å². The number of ketones is 3. The minimum Gasteiger partial charge on any atom is -0.490 e. The van der Waals surface area contributed by atoms with E-state index in [1.165, 1.54) is 0 Å². The Hall–Kier alpha value is -2.23. The molecule has 1 aromatic rings. The van der Waals surface area contributed by atoms with Gasteiger partial charge < -0.3 is 4.74 Å². The van der Waals surface area contributed by atoms with Crippen molar-refractivity contribution in [3.05, 3.63) is 47.2 Å². The van der Waals surface area contributed by atoms with Crippen molar-refractivity contribution < 1.29 is 19.1 Å². The summed E-state index contributed by atoms with van der Waals surface area (Å²) in [6.45, 7) is 8.07. The van der Waals surface area contributed by atoms with E-state index >= 15 is 0 Å². The van der Waals surface area contributed by atoms with E-state index in [2.05, 4.69) is 13.8 Å². The summed E-state index contributed by atoms with van der Waals surface area (Å²) in [6.07, 6.45) is 2.13. The van der Waals surface area contributed by atoms with E-state index in [1.54, 1.807) is 0 Å². The molecule has 0 N–H and O–H groups in total. The molecule has 4 nitrogen and oxygen atoms in total. The van der Waals surface area contributed by atoms with Crippen molar-refractivity contribution in [2.45, 2.75) is 65.9 Å². The first-order valence-corrected chi connectivity index (χ1v) is 10.6. The monoisotopic (exact) mass is 394 g/mol. The highest BCUT2D eigenvalue weighted by Gasteiger charge is 2.50. The third-order valence-corrected chi connectivity index (χ3v) is 6.58. The van der Waals surface area contributed by atoms with E-state index in [4.69, 9.17) is 4.74 Å². The predicted octanol–water partition coefficient (Wildman–Crippen LogP) is 4.98. The van der Waals surface area contributed by atoms with Crippen molar-refractivity contribution in [3.63, 3.8) is 0 Å². The molecule has 0 bridgehead atoms. The fraction of sp³-hybridized carbons (Fsp3) is 0.560. The SMILES string of the molecule is CC1(C)CC(=O)C(C2CC(c3ccccc3)OC3=C2C(=O)CC(C)(C)C3)C(=O)C1. The van der Waals surface area contributed by atoms with Crippen LogP contribution >= 0.6 is 0 Å². The highest BCUT2D eigenvalue weighted by molar-refractivity contribution is 6.08. The standard InChI is InChI=1S/C25H30O4/c1-24(2)11-17(26)22(18(27)12-24)16-10-20(15-8-6-5-7-9-15)29-21-14-25(3,4)13-19(28)23(16)21/h5-9,16,20,22H,10-14H2,1-4H3. The van der Waals surface area contributed by atoms with Crippen LogP contribution in [-0.2, 0) is 19.1 Å². The van der Waals surface area contributed by atoms with Gasteiger partial charge in [-0.2, -0.15) is 0 Å². The fourth-order valence-corrected chi connectivity index (χ4v) is 5.39. The van der Waals surface area contributed by atoms with Gasteiger partial charge in [0.25, 0.3) is 0 Å². The lowest BCUT2D eigenvalue weighted by Gasteiger charge is -2.44. The summed E-state index contributed by atoms with van der Waals surface area (Å²) in [5.74, 6) is -0.388. The van der Waals surface area contributed by atoms with Gasteiger partial charge in [0.15, 0.2) is 5.78 Å². The predicted molar refractivity (Wildman–Crippen MR) is 110 cm³/mol. The van der Waals surface area contributed by atoms with Crippen LogP contribution in [0.15, 0.2) is 41.7 Å². The number of allylic oxidation sites excluding steroid dienone is 2. The molecular formula is C25H30O4. The van der Waals surface area contributed by atoms with E-state index in [0.29, 0.717) is 43.4 Å². The van der Waals surface area contributed by atoms with Gasteiger partial charge in [0.05, 0.1) is 5.92 Å². The highest BCUT2D eigenvalue weighted by Crippen LogP contribution is 2.51. The molecule has 2 atom stereocenters. The Morgan fingerprint density at radius 3 is 2.03 bits per heavy atom. The van der Waals surface area contributed by atoms with Crippen LogP contribution in [0, 0.1) is 22.7 Å². The average molecular weight is 395 g/mol. The highest BCUT2D eigenvalue weighted by atomic mass is 16.5. The maximum atomic E-state index is 13.1. The quantitative estimate of drug-likeness (QED) is 0.664. The summed E-state index contributed by atoms with van der Waals surface area (Å²) in [5, 5.41) is 0. The Balaban J connectivity index is 1.77. The molecule has 29 heavy (non-hydrogen) atoms. The molecule has 1 aliphatic heterocycles. The van der Waals surface area contributed by atoms with Crippen LogP contribution in [0.25, 0.3) is 0 Å². The molecule has 2 unspecified atom stereocenters. The van der Waals surface area contributed by atoms with Gasteiger partial charge >= 0.3 is 0 Å². The first-order valence-electron chi connectivity index (χ1n) is 10.6. The van der Waals surface area contributed by atoms with Gasteiger partial charge in [-0.3, -0.25) is 14.4 Å². The van der Waals surface area contributed by atoms with E-state index in [1.807, 2.05) is 44.2 Å². The molecule has 0 spiro atoms. The second-order valence-electron chi connectivity index (χ2n) is 10.6. The van der Waals surface area contributed by atoms with Gasteiger partial charge in [-0.1, -0.05) is 58.0 Å². The van der Waals surface area contributed by atoms with E-state index in [0.717, 1.165) is 5.56 Å². The lowest BCUT2D eigenvalue weighted by atomic mass is 9.62. The number of rotatable bonds is 2. The van der Waals surface area contributed by atoms with Crippen molar-refractivity contribution in [1.29, 1.82) is 0 Å². The zero-order valence-corrected chi connectivity index (χ0v) is 17.8. The summed E-state index contributed by atoms with van der Waals surface area (Å²) in [5.41, 5.74) is 1.16. The Labute approximate surface area is 172 Å². The van der Waals surface area contributed by atoms with Gasteiger partial charge in [-0.25, -0.2) is 0 Å². The number of hydrogen-bond acceptors (Lipinski definition) is 4. The second-order valence-corrected chi connectivity index (χ2v) is 10.6. The zero-order valence-electron chi connectivity index (χ0n) is 17.8. The molecule has 0 saturated heterocycles. The van der Waals surface area contributed by atoms with Crippen molar-refractivity contribution in [3.8, 4) is 0 Å². The summed E-state index contributed by atoms with van der Waals surface area (Å²) in [4.78, 5) is 39.3. The lowest BCUT2D eigenvalue weighted by molar-refractivity contribution is -0.142. The largest absolute Gasteiger partial charge is 0.490 e. The number of carbonyl (C=O) groups is 3. The minimum absolute atomic E-state index is 0.0190. The molecule has 0 amide bonds. The smallest absolute Gasteiger partial charge is 0.163 e. The van der Waals surface area contributed by atoms with Crippen LogP contribution in [0.1, 0.15) is 71.5 Å². The number of hydrogen-bond donors (Lipinski definition) is 0. The van der Waals surface area contributed by atoms with E-state index < -0.39 is 5.92 Å². The molecular weight excluding hydrogens is 364 g/mol. The van der Waals surface area contributed by atoms with Gasteiger partial charge in [0, 0.05) is 37.2 Å². The zero-order chi connectivity index (χ0) is 21.0. The number of carbonyl (C=O) groups excluding carboxylic acids is 3. The van der Waals surface area contributed by atoms with Crippen LogP contribution in [0.5, 0.6) is 0 Å². The molecule has 1 aromatic carbocycles. The summed E-state index contributed by atoms with van der Waals surface area (Å²) >= 11 is 0. The number of Topliss-reactive ketones (excluding diaryl/α,β-unsaturated/α-hetero) is 3. The molecule has 154 valence electrons. The third kappa shape index (κ3) is 3.82. The van der Waals surface area contributed by atoms with Gasteiger partial charge in [0.1, 0.15) is 23.4 Å². The lowest BCUT2D eigenvalue weighted by Crippen LogP contribution is -2.45. The second kappa shape index (κ2) is 6.93. The first kappa shape index (κ1) is 20.1. The summed E-state index contributed by atoms with van der Waals surface area (Å²) in [6, 6.07) is 9.91. The maximum absolute atomic E-state index is 13.1. The normalized spacial score (nSPS) is 29.4. The van der Waals surface area contributed by atoms with Crippen LogP contribution in [0.4, 0.5) is 0 Å². The molecule has 3 aliphatic rings. The van der Waals surface area contributed by atoms with Crippen molar-refractivity contribution >= 4 is 17.3 Å². The Kier molecular flexibility index (Phi) is 4.79. The van der Waals surface area contributed by atoms with Crippen molar-refractivity contribution in [1.82, 2.24) is 0 Å². The summed E-state index contributed by atoms with van der Waals surface area (Å²) < 4.78 is 6.35. The molecule has 1 saturated carbocycles. The van der Waals surface area contributed by atoms with Crippen LogP contribution in [0.3, 0.4) is 0 Å². The Bertz CT molecular complexity index is 871. The molecule has 1 fully saturated rings. The number of ether oxygens (including phenoxy) is 1. The third-order valence-electron chi connectivity index (χ3n) is 6.58. The van der Waals surface area contributed by atoms with Gasteiger partial charge in [0.2, 0.25) is 0 Å². The van der Waals surface area contributed by atoms with Crippen molar-refractivity contribution in [2.75, 3.05) is 0 Å².